The summed E-state index contributed by atoms with van der Waals surface area (Å²) in [7, 11) is 0. The average Bonchev–Trinajstić information content (AvgIpc) is 2.73. The number of rotatable bonds is 2. The summed E-state index contributed by atoms with van der Waals surface area (Å²) in [6.07, 6.45) is 1.94. The van der Waals surface area contributed by atoms with Crippen molar-refractivity contribution in [2.24, 2.45) is 10.2 Å². The van der Waals surface area contributed by atoms with Gasteiger partial charge in [-0.2, -0.15) is 0 Å². The Morgan fingerprint density at radius 2 is 1.85 bits per heavy atom. The molecule has 20 heavy (non-hydrogen) atoms. The highest BCUT2D eigenvalue weighted by molar-refractivity contribution is 5.52. The van der Waals surface area contributed by atoms with Gasteiger partial charge in [-0.15, -0.1) is 10.2 Å². The number of hydrogen-bond acceptors (Lipinski definition) is 3. The van der Waals surface area contributed by atoms with Crippen molar-refractivity contribution in [2.75, 3.05) is 0 Å². The second kappa shape index (κ2) is 4.85. The Kier molecular flexibility index (Phi) is 3.02. The lowest BCUT2D eigenvalue weighted by Gasteiger charge is -1.98. The van der Waals surface area contributed by atoms with Crippen molar-refractivity contribution in [3.63, 3.8) is 0 Å². The summed E-state index contributed by atoms with van der Waals surface area (Å²) in [4.78, 5) is 4.40. The molecule has 0 bridgehead atoms. The standard InChI is InChI=1S/C15H13FN4/c1-10-7-8-14-17-11(2)15(20(14)9-10)19-18-13-6-4-3-5-12(13)16/h3-9H,1-2H3. The third-order valence-electron chi connectivity index (χ3n) is 3.01. The summed E-state index contributed by atoms with van der Waals surface area (Å²) in [5.41, 5.74) is 2.87. The Labute approximate surface area is 115 Å². The zero-order valence-electron chi connectivity index (χ0n) is 11.2. The van der Waals surface area contributed by atoms with E-state index < -0.39 is 0 Å². The van der Waals surface area contributed by atoms with E-state index in [-0.39, 0.29) is 11.5 Å². The molecule has 2 heterocycles. The number of halogens is 1. The van der Waals surface area contributed by atoms with Gasteiger partial charge in [0, 0.05) is 6.20 Å². The Balaban J connectivity index is 2.09. The van der Waals surface area contributed by atoms with Gasteiger partial charge in [0.25, 0.3) is 0 Å². The van der Waals surface area contributed by atoms with E-state index in [2.05, 4.69) is 15.2 Å². The normalized spacial score (nSPS) is 11.6. The number of benzene rings is 1. The Morgan fingerprint density at radius 3 is 2.65 bits per heavy atom. The molecular weight excluding hydrogens is 255 g/mol. The van der Waals surface area contributed by atoms with Crippen LogP contribution in [0.15, 0.2) is 52.8 Å². The first-order chi connectivity index (χ1) is 9.65. The van der Waals surface area contributed by atoms with Gasteiger partial charge in [0.15, 0.2) is 11.6 Å². The van der Waals surface area contributed by atoms with Gasteiger partial charge in [-0.3, -0.25) is 4.40 Å². The third-order valence-corrected chi connectivity index (χ3v) is 3.01. The molecule has 3 aromatic rings. The van der Waals surface area contributed by atoms with Gasteiger partial charge in [-0.1, -0.05) is 18.2 Å². The molecule has 2 aromatic heterocycles. The van der Waals surface area contributed by atoms with Gasteiger partial charge in [0.05, 0.1) is 5.69 Å². The summed E-state index contributed by atoms with van der Waals surface area (Å²) in [5.74, 6) is 0.228. The minimum absolute atomic E-state index is 0.217. The summed E-state index contributed by atoms with van der Waals surface area (Å²) in [5, 5.41) is 8.13. The fourth-order valence-corrected chi connectivity index (χ4v) is 2.01. The molecule has 0 saturated heterocycles. The van der Waals surface area contributed by atoms with Crippen LogP contribution < -0.4 is 0 Å². The monoisotopic (exact) mass is 268 g/mol. The Morgan fingerprint density at radius 1 is 1.05 bits per heavy atom. The van der Waals surface area contributed by atoms with Crippen LogP contribution in [0.2, 0.25) is 0 Å². The summed E-state index contributed by atoms with van der Waals surface area (Å²) in [6.45, 7) is 3.85. The first kappa shape index (κ1) is 12.5. The number of hydrogen-bond donors (Lipinski definition) is 0. The number of pyridine rings is 1. The van der Waals surface area contributed by atoms with Gasteiger partial charge >= 0.3 is 0 Å². The SMILES string of the molecule is Cc1ccc2nc(C)c(N=Nc3ccccc3F)n2c1. The maximum Gasteiger partial charge on any atom is 0.182 e. The predicted molar refractivity (Wildman–Crippen MR) is 75.2 cm³/mol. The molecule has 0 aliphatic carbocycles. The number of azo groups is 1. The van der Waals surface area contributed by atoms with Crippen LogP contribution in [0.1, 0.15) is 11.3 Å². The highest BCUT2D eigenvalue weighted by Crippen LogP contribution is 2.25. The highest BCUT2D eigenvalue weighted by atomic mass is 19.1. The average molecular weight is 268 g/mol. The molecule has 5 heteroatoms. The molecule has 0 atom stereocenters. The summed E-state index contributed by atoms with van der Waals surface area (Å²) < 4.78 is 15.4. The van der Waals surface area contributed by atoms with Crippen LogP contribution in [-0.2, 0) is 0 Å². The number of aromatic nitrogens is 2. The quantitative estimate of drug-likeness (QED) is 0.631. The van der Waals surface area contributed by atoms with Gasteiger partial charge in [-0.25, -0.2) is 9.37 Å². The zero-order chi connectivity index (χ0) is 14.1. The smallest absolute Gasteiger partial charge is 0.182 e. The molecule has 0 aliphatic rings. The molecule has 3 rings (SSSR count). The molecule has 0 unspecified atom stereocenters. The lowest BCUT2D eigenvalue weighted by Crippen LogP contribution is -1.84. The molecule has 1 aromatic carbocycles. The fourth-order valence-electron chi connectivity index (χ4n) is 2.01. The van der Waals surface area contributed by atoms with Crippen LogP contribution in [0, 0.1) is 19.7 Å². The molecule has 4 nitrogen and oxygen atoms in total. The molecule has 0 spiro atoms. The van der Waals surface area contributed by atoms with Crippen molar-refractivity contribution >= 4 is 17.2 Å². The lowest BCUT2D eigenvalue weighted by molar-refractivity contribution is 0.628. The molecule has 0 aliphatic heterocycles. The minimum Gasteiger partial charge on any atom is -0.283 e. The molecule has 0 amide bonds. The van der Waals surface area contributed by atoms with E-state index in [9.17, 15) is 4.39 Å². The van der Waals surface area contributed by atoms with Crippen LogP contribution >= 0.6 is 0 Å². The van der Waals surface area contributed by atoms with Crippen molar-refractivity contribution < 1.29 is 4.39 Å². The molecule has 0 radical (unpaired) electrons. The Hall–Kier alpha value is -2.56. The van der Waals surface area contributed by atoms with Crippen LogP contribution in [0.25, 0.3) is 5.65 Å². The number of imidazole rings is 1. The number of aryl methyl sites for hydroxylation is 2. The lowest BCUT2D eigenvalue weighted by atomic mass is 10.3. The van der Waals surface area contributed by atoms with Gasteiger partial charge in [-0.05, 0) is 37.6 Å². The predicted octanol–water partition coefficient (Wildman–Crippen LogP) is 4.51. The van der Waals surface area contributed by atoms with Crippen molar-refractivity contribution in [3.8, 4) is 0 Å². The molecule has 0 fully saturated rings. The first-order valence-electron chi connectivity index (χ1n) is 6.27. The van der Waals surface area contributed by atoms with Crippen LogP contribution in [-0.4, -0.2) is 9.38 Å². The fraction of sp³-hybridized carbons (Fsp3) is 0.133. The highest BCUT2D eigenvalue weighted by Gasteiger charge is 2.08. The van der Waals surface area contributed by atoms with E-state index in [4.69, 9.17) is 0 Å². The second-order valence-corrected chi connectivity index (χ2v) is 4.61. The maximum atomic E-state index is 13.5. The molecular formula is C15H13FN4. The maximum absolute atomic E-state index is 13.5. The molecule has 0 saturated carbocycles. The molecule has 0 N–H and O–H groups in total. The van der Waals surface area contributed by atoms with E-state index in [1.807, 2.05) is 36.6 Å². The van der Waals surface area contributed by atoms with E-state index >= 15 is 0 Å². The molecule has 100 valence electrons. The Bertz CT molecular complexity index is 805. The second-order valence-electron chi connectivity index (χ2n) is 4.61. The minimum atomic E-state index is -0.390. The number of fused-ring (bicyclic) bond motifs is 1. The first-order valence-corrected chi connectivity index (χ1v) is 6.27. The van der Waals surface area contributed by atoms with Gasteiger partial charge in [0.2, 0.25) is 0 Å². The van der Waals surface area contributed by atoms with E-state index in [1.165, 1.54) is 6.07 Å². The number of nitrogens with zero attached hydrogens (tertiary/aromatic N) is 4. The zero-order valence-corrected chi connectivity index (χ0v) is 11.2. The van der Waals surface area contributed by atoms with Crippen LogP contribution in [0.4, 0.5) is 15.9 Å². The van der Waals surface area contributed by atoms with Gasteiger partial charge < -0.3 is 0 Å². The van der Waals surface area contributed by atoms with E-state index in [1.54, 1.807) is 18.2 Å². The summed E-state index contributed by atoms with van der Waals surface area (Å²) in [6, 6.07) is 10.2. The van der Waals surface area contributed by atoms with Crippen molar-refractivity contribution in [1.29, 1.82) is 0 Å². The van der Waals surface area contributed by atoms with E-state index in [0.29, 0.717) is 5.82 Å². The van der Waals surface area contributed by atoms with Crippen LogP contribution in [0.5, 0.6) is 0 Å². The van der Waals surface area contributed by atoms with Gasteiger partial charge in [0.1, 0.15) is 11.3 Å². The van der Waals surface area contributed by atoms with Crippen molar-refractivity contribution in [1.82, 2.24) is 9.38 Å². The van der Waals surface area contributed by atoms with Crippen LogP contribution in [0.3, 0.4) is 0 Å². The van der Waals surface area contributed by atoms with Crippen molar-refractivity contribution in [2.45, 2.75) is 13.8 Å². The largest absolute Gasteiger partial charge is 0.283 e. The topological polar surface area (TPSA) is 42.0 Å². The van der Waals surface area contributed by atoms with Crippen molar-refractivity contribution in [3.05, 3.63) is 59.7 Å². The van der Waals surface area contributed by atoms with E-state index in [0.717, 1.165) is 16.9 Å². The third kappa shape index (κ3) is 2.18. The summed E-state index contributed by atoms with van der Waals surface area (Å²) >= 11 is 0.